The van der Waals surface area contributed by atoms with Crippen LogP contribution in [0.5, 0.6) is 5.75 Å². The molecule has 2 fully saturated rings. The van der Waals surface area contributed by atoms with Crippen molar-refractivity contribution in [3.05, 3.63) is 46.8 Å². The molecule has 0 unspecified atom stereocenters. The molecule has 33 heavy (non-hydrogen) atoms. The van der Waals surface area contributed by atoms with Gasteiger partial charge in [-0.3, -0.25) is 14.7 Å². The van der Waals surface area contributed by atoms with Crippen LogP contribution in [-0.4, -0.2) is 62.8 Å². The van der Waals surface area contributed by atoms with E-state index in [1.807, 2.05) is 19.1 Å². The number of nitrogens with zero attached hydrogens (tertiary/aromatic N) is 4. The highest BCUT2D eigenvalue weighted by atomic mass is 16.5. The number of aryl methyl sites for hydroxylation is 1. The van der Waals surface area contributed by atoms with Crippen LogP contribution in [-0.2, 0) is 13.6 Å². The summed E-state index contributed by atoms with van der Waals surface area (Å²) in [5.41, 5.74) is 2.04. The molecule has 3 aromatic rings. The van der Waals surface area contributed by atoms with E-state index in [1.54, 1.807) is 30.2 Å². The summed E-state index contributed by atoms with van der Waals surface area (Å²) in [6.45, 7) is 4.68. The van der Waals surface area contributed by atoms with E-state index in [4.69, 9.17) is 9.15 Å². The molecule has 9 heteroatoms. The zero-order chi connectivity index (χ0) is 23.1. The fraction of sp³-hybridized carbons (Fsp3) is 0.458. The Hall–Kier alpha value is -3.33. The number of hydrogen-bond donors (Lipinski definition) is 1. The van der Waals surface area contributed by atoms with E-state index in [0.717, 1.165) is 11.1 Å². The Kier molecular flexibility index (Phi) is 5.57. The molecule has 0 spiro atoms. The van der Waals surface area contributed by atoms with Gasteiger partial charge in [-0.15, -0.1) is 0 Å². The number of fused-ring (bicyclic) bond motifs is 1. The lowest BCUT2D eigenvalue weighted by Crippen LogP contribution is -2.52. The maximum atomic E-state index is 12.9. The molecule has 2 aliphatic rings. The zero-order valence-corrected chi connectivity index (χ0v) is 18.9. The van der Waals surface area contributed by atoms with Crippen molar-refractivity contribution in [2.45, 2.75) is 32.4 Å². The molecular formula is C24H28N4O5. The summed E-state index contributed by atoms with van der Waals surface area (Å²) in [4.78, 5) is 32.0. The Morgan fingerprint density at radius 1 is 1.30 bits per heavy atom. The van der Waals surface area contributed by atoms with E-state index in [1.165, 1.54) is 17.7 Å². The molecule has 0 aromatic carbocycles. The molecule has 1 atom stereocenters. The first-order valence-electron chi connectivity index (χ1n) is 11.3. The first-order chi connectivity index (χ1) is 15.9. The van der Waals surface area contributed by atoms with E-state index in [2.05, 4.69) is 9.88 Å². The quantitative estimate of drug-likeness (QED) is 0.613. The van der Waals surface area contributed by atoms with Crippen molar-refractivity contribution in [2.24, 2.45) is 13.0 Å². The largest absolute Gasteiger partial charge is 0.491 e. The van der Waals surface area contributed by atoms with Crippen molar-refractivity contribution in [3.63, 3.8) is 0 Å². The molecule has 1 N–H and O–H groups in total. The first kappa shape index (κ1) is 21.5. The van der Waals surface area contributed by atoms with Crippen LogP contribution < -0.4 is 10.3 Å². The maximum absolute atomic E-state index is 12.9. The number of carbonyl (C=O) groups is 1. The van der Waals surface area contributed by atoms with Gasteiger partial charge < -0.3 is 23.7 Å². The number of hydrogen-bond acceptors (Lipinski definition) is 6. The number of furan rings is 1. The molecule has 0 bridgehead atoms. The Balaban J connectivity index is 1.48. The summed E-state index contributed by atoms with van der Waals surface area (Å²) in [7, 11) is 1.73. The molecular weight excluding hydrogens is 424 g/mol. The van der Waals surface area contributed by atoms with E-state index in [9.17, 15) is 14.7 Å². The van der Waals surface area contributed by atoms with Crippen molar-refractivity contribution < 1.29 is 19.1 Å². The number of ether oxygens (including phenoxy) is 1. The van der Waals surface area contributed by atoms with Gasteiger partial charge in [0.05, 0.1) is 24.7 Å². The fourth-order valence-corrected chi connectivity index (χ4v) is 4.39. The second kappa shape index (κ2) is 8.55. The first-order valence-corrected chi connectivity index (χ1v) is 11.3. The molecule has 4 heterocycles. The number of amides is 1. The van der Waals surface area contributed by atoms with Crippen LogP contribution >= 0.6 is 0 Å². The predicted octanol–water partition coefficient (Wildman–Crippen LogP) is 3.17. The number of piperazine rings is 1. The van der Waals surface area contributed by atoms with Gasteiger partial charge in [-0.05, 0) is 37.8 Å². The number of aromatic nitrogens is 2. The van der Waals surface area contributed by atoms with E-state index in [0.29, 0.717) is 61.2 Å². The Morgan fingerprint density at radius 3 is 2.85 bits per heavy atom. The zero-order valence-electron chi connectivity index (χ0n) is 18.9. The summed E-state index contributed by atoms with van der Waals surface area (Å²) in [6, 6.07) is 3.74. The number of rotatable bonds is 6. The highest BCUT2D eigenvalue weighted by Crippen LogP contribution is 2.36. The van der Waals surface area contributed by atoms with Crippen LogP contribution in [0.25, 0.3) is 22.1 Å². The monoisotopic (exact) mass is 452 g/mol. The molecule has 1 saturated heterocycles. The van der Waals surface area contributed by atoms with Crippen molar-refractivity contribution in [2.75, 3.05) is 26.2 Å². The van der Waals surface area contributed by atoms with Gasteiger partial charge >= 0.3 is 6.09 Å². The molecule has 5 rings (SSSR count). The second-order valence-electron chi connectivity index (χ2n) is 9.09. The van der Waals surface area contributed by atoms with Crippen molar-refractivity contribution >= 4 is 17.1 Å². The Labute approximate surface area is 191 Å². The SMILES string of the molecule is C[C@@H]1CN(C(=O)O)CCN1Cc1cc2c(=O)n(C)cc(-c3ccncc3OCC3CC3)c2o1. The summed E-state index contributed by atoms with van der Waals surface area (Å²) >= 11 is 0. The summed E-state index contributed by atoms with van der Waals surface area (Å²) in [5, 5.41) is 9.77. The average molecular weight is 453 g/mol. The van der Waals surface area contributed by atoms with Gasteiger partial charge in [0.25, 0.3) is 5.56 Å². The molecule has 174 valence electrons. The highest BCUT2D eigenvalue weighted by molar-refractivity contribution is 5.93. The minimum Gasteiger partial charge on any atom is -0.491 e. The van der Waals surface area contributed by atoms with Crippen molar-refractivity contribution in [1.82, 2.24) is 19.4 Å². The number of carboxylic acid groups (broad SMARTS) is 1. The molecule has 9 nitrogen and oxygen atoms in total. The van der Waals surface area contributed by atoms with E-state index < -0.39 is 6.09 Å². The smallest absolute Gasteiger partial charge is 0.407 e. The summed E-state index contributed by atoms with van der Waals surface area (Å²) in [5.74, 6) is 1.97. The predicted molar refractivity (Wildman–Crippen MR) is 122 cm³/mol. The van der Waals surface area contributed by atoms with Crippen LogP contribution in [0.3, 0.4) is 0 Å². The van der Waals surface area contributed by atoms with Crippen LogP contribution in [0.4, 0.5) is 4.79 Å². The van der Waals surface area contributed by atoms with Crippen molar-refractivity contribution in [3.8, 4) is 16.9 Å². The maximum Gasteiger partial charge on any atom is 0.407 e. The molecule has 1 aliphatic heterocycles. The Bertz CT molecular complexity index is 1250. The molecule has 1 saturated carbocycles. The van der Waals surface area contributed by atoms with Gasteiger partial charge in [0.15, 0.2) is 0 Å². The van der Waals surface area contributed by atoms with Crippen LogP contribution in [0.15, 0.2) is 39.9 Å². The number of pyridine rings is 2. The van der Waals surface area contributed by atoms with E-state index in [-0.39, 0.29) is 11.6 Å². The van der Waals surface area contributed by atoms with Gasteiger partial charge in [0.1, 0.15) is 17.1 Å². The average Bonchev–Trinajstić information content (AvgIpc) is 3.54. The summed E-state index contributed by atoms with van der Waals surface area (Å²) < 4.78 is 13.9. The van der Waals surface area contributed by atoms with Crippen LogP contribution in [0.1, 0.15) is 25.5 Å². The molecule has 1 amide bonds. The van der Waals surface area contributed by atoms with Crippen molar-refractivity contribution in [1.29, 1.82) is 0 Å². The van der Waals surface area contributed by atoms with Gasteiger partial charge in [-0.25, -0.2) is 4.79 Å². The standard InChI is InChI=1S/C24H28N4O5/c1-15-11-28(24(30)31)8-7-27(15)12-17-9-19-22(33-17)20(13-26(2)23(19)29)18-5-6-25-10-21(18)32-14-16-3-4-16/h5-6,9-10,13,15-16H,3-4,7-8,11-12,14H2,1-2H3,(H,30,31)/t15-/m1/s1. The third kappa shape index (κ3) is 4.32. The lowest BCUT2D eigenvalue weighted by Gasteiger charge is -2.38. The normalized spacial score (nSPS) is 19.2. The third-order valence-electron chi connectivity index (χ3n) is 6.54. The second-order valence-corrected chi connectivity index (χ2v) is 9.09. The minimum atomic E-state index is -0.893. The third-order valence-corrected chi connectivity index (χ3v) is 6.54. The van der Waals surface area contributed by atoms with Gasteiger partial charge in [0, 0.05) is 56.2 Å². The van der Waals surface area contributed by atoms with Crippen LogP contribution in [0, 0.1) is 5.92 Å². The molecule has 0 radical (unpaired) electrons. The molecule has 1 aliphatic carbocycles. The fourth-order valence-electron chi connectivity index (χ4n) is 4.39. The Morgan fingerprint density at radius 2 is 2.12 bits per heavy atom. The molecule has 3 aromatic heterocycles. The van der Waals surface area contributed by atoms with E-state index >= 15 is 0 Å². The topological polar surface area (TPSA) is 101 Å². The lowest BCUT2D eigenvalue weighted by atomic mass is 10.1. The lowest BCUT2D eigenvalue weighted by molar-refractivity contribution is 0.0677. The summed E-state index contributed by atoms with van der Waals surface area (Å²) in [6.07, 6.45) is 6.70. The van der Waals surface area contributed by atoms with Gasteiger partial charge in [-0.1, -0.05) is 0 Å². The van der Waals surface area contributed by atoms with Gasteiger partial charge in [0.2, 0.25) is 0 Å². The van der Waals surface area contributed by atoms with Crippen LogP contribution in [0.2, 0.25) is 0 Å². The van der Waals surface area contributed by atoms with Gasteiger partial charge in [-0.2, -0.15) is 0 Å². The minimum absolute atomic E-state index is 0.0491. The highest BCUT2D eigenvalue weighted by Gasteiger charge is 2.28.